The molecule has 1 atom stereocenters. The first kappa shape index (κ1) is 33.6. The smallest absolute Gasteiger partial charge is 0.0126 e. The zero-order valence-electron chi connectivity index (χ0n) is 29.6. The fraction of sp³-hybridized carbons (Fsp3) is 0.692. The van der Waals surface area contributed by atoms with Crippen LogP contribution in [0, 0.1) is 0 Å². The molecule has 0 fully saturated rings. The molecule has 220 valence electrons. The van der Waals surface area contributed by atoms with Gasteiger partial charge in [0.1, 0.15) is 0 Å². The predicted molar refractivity (Wildman–Crippen MR) is 177 cm³/mol. The highest BCUT2D eigenvalue weighted by Gasteiger charge is 2.38. The van der Waals surface area contributed by atoms with E-state index in [1.54, 1.807) is 16.7 Å². The Morgan fingerprint density at radius 1 is 0.436 bits per heavy atom. The Kier molecular flexibility index (Phi) is 8.94. The van der Waals surface area contributed by atoms with Crippen LogP contribution in [0.5, 0.6) is 0 Å². The van der Waals surface area contributed by atoms with Crippen molar-refractivity contribution < 1.29 is 0 Å². The van der Waals surface area contributed by atoms with E-state index in [9.17, 15) is 0 Å². The molecule has 1 unspecified atom stereocenters. The van der Waals surface area contributed by atoms with Gasteiger partial charge in [0.2, 0.25) is 0 Å². The summed E-state index contributed by atoms with van der Waals surface area (Å²) in [5.74, 6) is 0.403. The van der Waals surface area contributed by atoms with E-state index in [0.29, 0.717) is 5.92 Å². The lowest BCUT2D eigenvalue weighted by atomic mass is 9.63. The molecule has 0 saturated heterocycles. The molecule has 0 N–H and O–H groups in total. The molecule has 0 nitrogen and oxygen atoms in total. The van der Waals surface area contributed by atoms with Gasteiger partial charge >= 0.3 is 0 Å². The second-order valence-corrected chi connectivity index (χ2v) is 18.7. The number of benzene rings is 2. The maximum Gasteiger partial charge on any atom is -0.0126 e. The van der Waals surface area contributed by atoms with Crippen LogP contribution in [0.4, 0.5) is 0 Å². The Morgan fingerprint density at radius 3 is 1.03 bits per heavy atom. The molecular weight excluding hydrogens is 468 g/mol. The molecule has 39 heavy (non-hydrogen) atoms. The molecule has 2 aromatic carbocycles. The van der Waals surface area contributed by atoms with Crippen LogP contribution in [0.25, 0.3) is 0 Å². The minimum atomic E-state index is 0.0481. The topological polar surface area (TPSA) is 0 Å². The Morgan fingerprint density at radius 2 is 0.769 bits per heavy atom. The maximum absolute atomic E-state index is 2.59. The van der Waals surface area contributed by atoms with Crippen LogP contribution < -0.4 is 0 Å². The zero-order chi connectivity index (χ0) is 30.7. The van der Waals surface area contributed by atoms with Gasteiger partial charge in [0.15, 0.2) is 0 Å². The molecule has 0 spiro atoms. The van der Waals surface area contributed by atoms with Crippen LogP contribution in [0.2, 0.25) is 0 Å². The summed E-state index contributed by atoms with van der Waals surface area (Å²) in [5.41, 5.74) is 12.6. The summed E-state index contributed by atoms with van der Waals surface area (Å²) >= 11 is 0. The van der Waals surface area contributed by atoms with Crippen molar-refractivity contribution in [3.05, 3.63) is 68.8 Å². The van der Waals surface area contributed by atoms with Gasteiger partial charge < -0.3 is 0 Å². The van der Waals surface area contributed by atoms with Crippen LogP contribution in [0.15, 0.2) is 24.3 Å². The summed E-state index contributed by atoms with van der Waals surface area (Å²) in [4.78, 5) is 0. The molecule has 0 amide bonds. The largest absolute Gasteiger partial charge is 0.0581 e. The summed E-state index contributed by atoms with van der Waals surface area (Å²) in [6.07, 6.45) is 1.05. The third-order valence-electron chi connectivity index (χ3n) is 8.24. The average Bonchev–Trinajstić information content (AvgIpc) is 2.67. The summed E-state index contributed by atoms with van der Waals surface area (Å²) in [5, 5.41) is 0. The zero-order valence-corrected chi connectivity index (χ0v) is 29.6. The molecule has 0 radical (unpaired) electrons. The van der Waals surface area contributed by atoms with E-state index < -0.39 is 0 Å². The quantitative estimate of drug-likeness (QED) is 0.369. The third-order valence-corrected chi connectivity index (χ3v) is 8.24. The minimum absolute atomic E-state index is 0.0481. The summed E-state index contributed by atoms with van der Waals surface area (Å²) in [7, 11) is 0. The molecule has 0 aliphatic rings. The molecule has 0 aromatic heterocycles. The monoisotopic (exact) mass is 533 g/mol. The van der Waals surface area contributed by atoms with Gasteiger partial charge in [-0.3, -0.25) is 0 Å². The maximum atomic E-state index is 2.59. The lowest BCUT2D eigenvalue weighted by Crippen LogP contribution is -2.32. The minimum Gasteiger partial charge on any atom is -0.0581 e. The van der Waals surface area contributed by atoms with Gasteiger partial charge in [-0.2, -0.15) is 0 Å². The molecule has 0 bridgehead atoms. The molecule has 0 aliphatic carbocycles. The summed E-state index contributed by atoms with van der Waals surface area (Å²) < 4.78 is 0. The second-order valence-electron chi connectivity index (χ2n) is 18.7. The first-order valence-corrected chi connectivity index (χ1v) is 15.4. The fourth-order valence-corrected chi connectivity index (χ4v) is 6.13. The van der Waals surface area contributed by atoms with Crippen LogP contribution >= 0.6 is 0 Å². The first-order chi connectivity index (χ1) is 17.1. The van der Waals surface area contributed by atoms with Crippen molar-refractivity contribution in [3.8, 4) is 0 Å². The van der Waals surface area contributed by atoms with Crippen molar-refractivity contribution in [2.24, 2.45) is 0 Å². The fourth-order valence-electron chi connectivity index (χ4n) is 6.13. The summed E-state index contributed by atoms with van der Waals surface area (Å²) in [6, 6.07) is 10.0. The SMILES string of the molecule is CC(Cc1cc(C(C)(C)C)cc(C(C)(C)C)c1)c1c(C(C)(C)C)c(C(C)(C)C)cc(C(C)(C)C)c1C(C)(C)C. The second kappa shape index (κ2) is 10.4. The van der Waals surface area contributed by atoms with Gasteiger partial charge in [-0.15, -0.1) is 0 Å². The Bertz CT molecular complexity index is 1080. The van der Waals surface area contributed by atoms with Crippen molar-refractivity contribution in [2.75, 3.05) is 0 Å². The lowest BCUT2D eigenvalue weighted by Gasteiger charge is -2.42. The van der Waals surface area contributed by atoms with Gasteiger partial charge in [-0.1, -0.05) is 156 Å². The molecule has 0 aliphatic heterocycles. The molecule has 0 heteroatoms. The van der Waals surface area contributed by atoms with E-state index in [-0.39, 0.29) is 32.5 Å². The standard InChI is InChI=1S/C39H64/c1-25(20-26-21-27(34(2,3)4)23-28(22-26)35(5,6)7)31-32(38(14,15)16)29(36(8,9)10)24-30(37(11,12)13)33(31)39(17,18)19/h21-25H,20H2,1-19H3. The van der Waals surface area contributed by atoms with Gasteiger partial charge in [0, 0.05) is 0 Å². The summed E-state index contributed by atoms with van der Waals surface area (Å²) in [6.45, 7) is 45.5. The van der Waals surface area contributed by atoms with E-state index in [1.165, 1.54) is 27.8 Å². The van der Waals surface area contributed by atoms with E-state index in [4.69, 9.17) is 0 Å². The molecular formula is C39H64. The Labute approximate surface area is 244 Å². The van der Waals surface area contributed by atoms with Crippen LogP contribution in [0.1, 0.15) is 182 Å². The van der Waals surface area contributed by atoms with Crippen LogP contribution in [-0.2, 0) is 38.9 Å². The average molecular weight is 533 g/mol. The molecule has 0 saturated carbocycles. The van der Waals surface area contributed by atoms with Gasteiger partial charge in [0.25, 0.3) is 0 Å². The highest BCUT2D eigenvalue weighted by Crippen LogP contribution is 2.48. The predicted octanol–water partition coefficient (Wildman–Crippen LogP) is 11.8. The highest BCUT2D eigenvalue weighted by molar-refractivity contribution is 5.57. The van der Waals surface area contributed by atoms with Crippen molar-refractivity contribution in [1.29, 1.82) is 0 Å². The van der Waals surface area contributed by atoms with Gasteiger partial charge in [-0.25, -0.2) is 0 Å². The van der Waals surface area contributed by atoms with Gasteiger partial charge in [0.05, 0.1) is 0 Å². The Balaban J connectivity index is 3.04. The van der Waals surface area contributed by atoms with Crippen LogP contribution in [-0.4, -0.2) is 0 Å². The van der Waals surface area contributed by atoms with Crippen molar-refractivity contribution in [2.45, 2.75) is 176 Å². The molecule has 0 heterocycles. The van der Waals surface area contributed by atoms with Crippen molar-refractivity contribution in [3.63, 3.8) is 0 Å². The van der Waals surface area contributed by atoms with E-state index in [1.807, 2.05) is 0 Å². The van der Waals surface area contributed by atoms with E-state index in [2.05, 4.69) is 156 Å². The number of hydrogen-bond acceptors (Lipinski definition) is 0. The first-order valence-electron chi connectivity index (χ1n) is 15.4. The normalized spacial score (nSPS) is 15.1. The third kappa shape index (κ3) is 7.80. The Hall–Kier alpha value is -1.56. The van der Waals surface area contributed by atoms with Crippen molar-refractivity contribution in [1.82, 2.24) is 0 Å². The molecule has 2 aromatic rings. The van der Waals surface area contributed by atoms with E-state index in [0.717, 1.165) is 6.42 Å². The van der Waals surface area contributed by atoms with Crippen molar-refractivity contribution >= 4 is 0 Å². The van der Waals surface area contributed by atoms with Gasteiger partial charge in [-0.05, 0) is 89.3 Å². The van der Waals surface area contributed by atoms with Crippen LogP contribution in [0.3, 0.4) is 0 Å². The molecule has 2 rings (SSSR count). The number of rotatable bonds is 3. The lowest BCUT2D eigenvalue weighted by molar-refractivity contribution is 0.483. The highest BCUT2D eigenvalue weighted by atomic mass is 14.4. The van der Waals surface area contributed by atoms with E-state index >= 15 is 0 Å². The number of hydrogen-bond donors (Lipinski definition) is 0.